The fourth-order valence-corrected chi connectivity index (χ4v) is 7.04. The summed E-state index contributed by atoms with van der Waals surface area (Å²) in [6.45, 7) is 0.712. The summed E-state index contributed by atoms with van der Waals surface area (Å²) in [6, 6.07) is -0.568. The van der Waals surface area contributed by atoms with Gasteiger partial charge >= 0.3 is 0 Å². The summed E-state index contributed by atoms with van der Waals surface area (Å²) in [5.41, 5.74) is 3.52. The molecule has 1 aromatic heterocycles. The van der Waals surface area contributed by atoms with Gasteiger partial charge in [0, 0.05) is 23.6 Å². The molecule has 1 aromatic rings. The Kier molecular flexibility index (Phi) is 3.13. The number of nitrogens with one attached hydrogen (secondary N) is 1. The molecule has 1 fully saturated rings. The molecule has 0 aromatic carbocycles. The van der Waals surface area contributed by atoms with Crippen molar-refractivity contribution in [3.8, 4) is 0 Å². The number of hydrogen-bond acceptors (Lipinski definition) is 5. The zero-order valence-electron chi connectivity index (χ0n) is 14.4. The number of dihydropyridines is 1. The number of hydrogen-bond donors (Lipinski definition) is 3. The second kappa shape index (κ2) is 5.04. The highest BCUT2D eigenvalue weighted by atomic mass is 79.9. The van der Waals surface area contributed by atoms with Crippen molar-refractivity contribution in [2.24, 2.45) is 12.5 Å². The van der Waals surface area contributed by atoms with Crippen LogP contribution >= 0.6 is 31.9 Å². The molecule has 5 aliphatic rings. The van der Waals surface area contributed by atoms with Crippen LogP contribution in [-0.2, 0) is 13.5 Å². The molecule has 140 valence electrons. The van der Waals surface area contributed by atoms with E-state index in [4.69, 9.17) is 0 Å². The first-order valence-electron chi connectivity index (χ1n) is 8.99. The number of aliphatic hydroxyl groups excluding tert-OH is 2. The van der Waals surface area contributed by atoms with Crippen LogP contribution in [0.25, 0.3) is 0 Å². The molecule has 1 spiro atoms. The third kappa shape index (κ3) is 1.67. The van der Waals surface area contributed by atoms with E-state index in [0.717, 1.165) is 27.7 Å². The molecule has 0 saturated carbocycles. The van der Waals surface area contributed by atoms with Crippen LogP contribution in [0.5, 0.6) is 0 Å². The van der Waals surface area contributed by atoms with Crippen LogP contribution in [0.1, 0.15) is 27.7 Å². The van der Waals surface area contributed by atoms with Gasteiger partial charge in [0.1, 0.15) is 6.10 Å². The highest BCUT2D eigenvalue weighted by Gasteiger charge is 2.63. The van der Waals surface area contributed by atoms with Crippen molar-refractivity contribution in [1.82, 2.24) is 14.8 Å². The van der Waals surface area contributed by atoms with Crippen LogP contribution in [0.2, 0.25) is 0 Å². The molecule has 4 heterocycles. The van der Waals surface area contributed by atoms with E-state index in [2.05, 4.69) is 42.1 Å². The average Bonchev–Trinajstić information content (AvgIpc) is 2.90. The summed E-state index contributed by atoms with van der Waals surface area (Å²) in [5, 5.41) is 25.4. The lowest BCUT2D eigenvalue weighted by molar-refractivity contribution is -0.0924. The van der Waals surface area contributed by atoms with Crippen molar-refractivity contribution in [2.45, 2.75) is 30.7 Å². The minimum absolute atomic E-state index is 0.0439. The van der Waals surface area contributed by atoms with E-state index in [0.29, 0.717) is 22.4 Å². The summed E-state index contributed by atoms with van der Waals surface area (Å²) in [4.78, 5) is 15.6. The van der Waals surface area contributed by atoms with Crippen molar-refractivity contribution in [3.63, 3.8) is 0 Å². The Labute approximate surface area is 172 Å². The van der Waals surface area contributed by atoms with Crippen molar-refractivity contribution in [2.75, 3.05) is 6.54 Å². The molecule has 27 heavy (non-hydrogen) atoms. The number of nitrogens with zero attached hydrogens (tertiary/aromatic N) is 2. The van der Waals surface area contributed by atoms with E-state index in [-0.39, 0.29) is 11.8 Å². The first kappa shape index (κ1) is 16.7. The Balaban J connectivity index is 1.75. The van der Waals surface area contributed by atoms with Gasteiger partial charge in [-0.2, -0.15) is 0 Å². The van der Waals surface area contributed by atoms with Gasteiger partial charge in [0.15, 0.2) is 0 Å². The van der Waals surface area contributed by atoms with Gasteiger partial charge in [0.25, 0.3) is 0 Å². The summed E-state index contributed by atoms with van der Waals surface area (Å²) in [6.07, 6.45) is 4.70. The zero-order chi connectivity index (χ0) is 18.8. The Morgan fingerprint density at radius 1 is 1.33 bits per heavy atom. The molecule has 1 saturated heterocycles. The summed E-state index contributed by atoms with van der Waals surface area (Å²) in [7, 11) is 1.91. The largest absolute Gasteiger partial charge is 0.390 e. The number of carbonyl (C=O) groups excluding carboxylic acids is 1. The van der Waals surface area contributed by atoms with Crippen LogP contribution in [0.3, 0.4) is 0 Å². The second-order valence-electron chi connectivity index (χ2n) is 7.92. The predicted octanol–water partition coefficient (Wildman–Crippen LogP) is 1.64. The number of carbonyl (C=O) groups is 1. The fourth-order valence-electron chi connectivity index (χ4n) is 5.80. The molecule has 6 rings (SSSR count). The number of aliphatic hydroxyl groups is 2. The normalized spacial score (nSPS) is 38.6. The molecule has 0 radical (unpaired) electrons. The van der Waals surface area contributed by atoms with Gasteiger partial charge in [-0.25, -0.2) is 0 Å². The third-order valence-corrected chi connectivity index (χ3v) is 8.61. The molecular weight excluding hydrogens is 478 g/mol. The van der Waals surface area contributed by atoms with E-state index < -0.39 is 23.7 Å². The summed E-state index contributed by atoms with van der Waals surface area (Å²) >= 11 is 7.18. The smallest absolute Gasteiger partial charge is 0.225 e. The summed E-state index contributed by atoms with van der Waals surface area (Å²) in [5.74, 6) is -0.0439. The number of Topliss-reactive ketones (excluding diaryl/α,β-unsaturated/α-hetero) is 1. The number of allylic oxidation sites excluding steroid dienone is 1. The third-order valence-electron chi connectivity index (χ3n) is 6.90. The molecular formula is C19H17Br2N3O3. The quantitative estimate of drug-likeness (QED) is 0.511. The molecule has 2 aliphatic carbocycles. The van der Waals surface area contributed by atoms with Crippen LogP contribution in [0.15, 0.2) is 38.7 Å². The lowest BCUT2D eigenvalue weighted by Gasteiger charge is -2.60. The average molecular weight is 495 g/mol. The van der Waals surface area contributed by atoms with Gasteiger partial charge < -0.3 is 20.1 Å². The Hall–Kier alpha value is -1.19. The molecule has 5 unspecified atom stereocenters. The van der Waals surface area contributed by atoms with Crippen molar-refractivity contribution >= 4 is 37.6 Å². The van der Waals surface area contributed by atoms with Crippen LogP contribution in [0.4, 0.5) is 0 Å². The van der Waals surface area contributed by atoms with Gasteiger partial charge in [-0.15, -0.1) is 0 Å². The van der Waals surface area contributed by atoms with Gasteiger partial charge in [-0.3, -0.25) is 9.69 Å². The number of piperidine rings is 1. The molecule has 2 bridgehead atoms. The zero-order valence-corrected chi connectivity index (χ0v) is 17.6. The van der Waals surface area contributed by atoms with E-state index in [9.17, 15) is 15.0 Å². The van der Waals surface area contributed by atoms with Crippen LogP contribution in [-0.4, -0.2) is 50.3 Å². The first-order chi connectivity index (χ1) is 12.9. The topological polar surface area (TPSA) is 77.7 Å². The lowest BCUT2D eigenvalue weighted by Crippen LogP contribution is -2.68. The SMILES string of the molecule is Cn1c(Br)c2c3c1C(=O)C1=C4C3N(CC2)C2C(O)C(Br)=CC4(C=CN1)C2O. The van der Waals surface area contributed by atoms with E-state index in [1.807, 2.05) is 23.8 Å². The molecule has 8 heteroatoms. The highest BCUT2D eigenvalue weighted by Crippen LogP contribution is 2.61. The number of aromatic nitrogens is 1. The maximum Gasteiger partial charge on any atom is 0.225 e. The minimum atomic E-state index is -0.823. The van der Waals surface area contributed by atoms with Gasteiger partial charge in [0.05, 0.1) is 39.6 Å². The Morgan fingerprint density at radius 3 is 2.89 bits per heavy atom. The number of halogens is 2. The standard InChI is InChI=1S/C19H17Br2N3O3/c1-23-13-9-7(18(23)21)2-5-24-12(9)10-11(16(13)26)22-4-3-19(10)6-8(20)15(25)14(24)17(19)27/h3-4,6,12,14-15,17,22,25,27H,2,5H2,1H3. The van der Waals surface area contributed by atoms with E-state index in [1.165, 1.54) is 0 Å². The highest BCUT2D eigenvalue weighted by molar-refractivity contribution is 9.11. The van der Waals surface area contributed by atoms with Gasteiger partial charge in [-0.1, -0.05) is 28.1 Å². The van der Waals surface area contributed by atoms with Gasteiger partial charge in [0.2, 0.25) is 5.78 Å². The lowest BCUT2D eigenvalue weighted by atomic mass is 9.58. The van der Waals surface area contributed by atoms with Crippen LogP contribution in [0, 0.1) is 5.41 Å². The monoisotopic (exact) mass is 493 g/mol. The maximum absolute atomic E-state index is 13.4. The van der Waals surface area contributed by atoms with Gasteiger partial charge in [-0.05, 0) is 39.7 Å². The predicted molar refractivity (Wildman–Crippen MR) is 105 cm³/mol. The van der Waals surface area contributed by atoms with Crippen molar-refractivity contribution < 1.29 is 15.0 Å². The number of ketones is 1. The Morgan fingerprint density at radius 2 is 2.11 bits per heavy atom. The Bertz CT molecular complexity index is 1040. The maximum atomic E-state index is 13.4. The number of fused-ring (bicyclic) bond motifs is 2. The van der Waals surface area contributed by atoms with Crippen molar-refractivity contribution in [1.29, 1.82) is 0 Å². The molecule has 3 N–H and O–H groups in total. The second-order valence-corrected chi connectivity index (χ2v) is 9.59. The van der Waals surface area contributed by atoms with E-state index in [1.54, 1.807) is 6.20 Å². The summed E-state index contributed by atoms with van der Waals surface area (Å²) < 4.78 is 3.53. The first-order valence-corrected chi connectivity index (χ1v) is 10.6. The van der Waals surface area contributed by atoms with E-state index >= 15 is 0 Å². The molecule has 5 atom stereocenters. The minimum Gasteiger partial charge on any atom is -0.390 e. The molecule has 6 nitrogen and oxygen atoms in total. The van der Waals surface area contributed by atoms with Crippen LogP contribution < -0.4 is 5.32 Å². The number of rotatable bonds is 0. The fraction of sp³-hybridized carbons (Fsp3) is 0.421. The molecule has 3 aliphatic heterocycles. The van der Waals surface area contributed by atoms with Crippen molar-refractivity contribution in [3.05, 3.63) is 55.5 Å². The molecule has 0 amide bonds.